The third-order valence-corrected chi connectivity index (χ3v) is 7.06. The van der Waals surface area contributed by atoms with Gasteiger partial charge in [0.2, 0.25) is 11.8 Å². The highest BCUT2D eigenvalue weighted by molar-refractivity contribution is 7.15. The number of thiazole rings is 1. The summed E-state index contributed by atoms with van der Waals surface area (Å²) in [5.74, 6) is -0.816. The van der Waals surface area contributed by atoms with Gasteiger partial charge >= 0.3 is 0 Å². The number of fused-ring (bicyclic) bond motifs is 2. The van der Waals surface area contributed by atoms with Crippen molar-refractivity contribution in [2.75, 3.05) is 5.32 Å². The minimum atomic E-state index is -0.597. The molecule has 3 aliphatic heterocycles. The van der Waals surface area contributed by atoms with E-state index in [2.05, 4.69) is 29.8 Å². The van der Waals surface area contributed by atoms with E-state index in [-0.39, 0.29) is 29.7 Å². The lowest BCUT2D eigenvalue weighted by atomic mass is 10.0. The Bertz CT molecular complexity index is 1080. The maximum Gasteiger partial charge on any atom is 0.255 e. The normalized spacial score (nSPS) is 22.1. The van der Waals surface area contributed by atoms with Crippen LogP contribution >= 0.6 is 11.3 Å². The van der Waals surface area contributed by atoms with Crippen LogP contribution in [-0.4, -0.2) is 33.6 Å². The number of benzene rings is 1. The molecule has 0 bridgehead atoms. The number of rotatable bonds is 4. The molecule has 1 aromatic carbocycles. The molecule has 3 aliphatic rings. The van der Waals surface area contributed by atoms with Crippen LogP contribution in [0, 0.1) is 0 Å². The fourth-order valence-corrected chi connectivity index (χ4v) is 5.49. The molecule has 1 saturated heterocycles. The van der Waals surface area contributed by atoms with Gasteiger partial charge < -0.3 is 15.5 Å². The zero-order valence-corrected chi connectivity index (χ0v) is 17.7. The predicted octanol–water partition coefficient (Wildman–Crippen LogP) is 1.85. The molecule has 5 rings (SSSR count). The smallest absolute Gasteiger partial charge is 0.255 e. The first-order chi connectivity index (χ1) is 14.3. The number of aromatic nitrogens is 1. The summed E-state index contributed by atoms with van der Waals surface area (Å²) < 4.78 is 0. The number of hydrogen-bond acceptors (Lipinski definition) is 7. The summed E-state index contributed by atoms with van der Waals surface area (Å²) >= 11 is 1.64. The van der Waals surface area contributed by atoms with Gasteiger partial charge in [-0.3, -0.25) is 19.7 Å². The molecule has 8 nitrogen and oxygen atoms in total. The predicted molar refractivity (Wildman–Crippen MR) is 112 cm³/mol. The van der Waals surface area contributed by atoms with Crippen molar-refractivity contribution in [1.82, 2.24) is 20.5 Å². The van der Waals surface area contributed by atoms with E-state index in [1.54, 1.807) is 16.2 Å². The SMILES string of the molecule is CC1(C)NCc2sc(NCc3cccc4c3C(=O)N(C3CCC(=O)NC3=O)C4)nc21. The van der Waals surface area contributed by atoms with Gasteiger partial charge in [-0.15, -0.1) is 11.3 Å². The van der Waals surface area contributed by atoms with Crippen LogP contribution in [0.2, 0.25) is 0 Å². The summed E-state index contributed by atoms with van der Waals surface area (Å²) in [7, 11) is 0. The lowest BCUT2D eigenvalue weighted by Crippen LogP contribution is -2.52. The van der Waals surface area contributed by atoms with Crippen LogP contribution in [0.3, 0.4) is 0 Å². The van der Waals surface area contributed by atoms with E-state index in [4.69, 9.17) is 4.98 Å². The molecule has 1 aromatic heterocycles. The second-order valence-corrected chi connectivity index (χ2v) is 9.56. The van der Waals surface area contributed by atoms with Crippen LogP contribution in [0.4, 0.5) is 5.13 Å². The number of carbonyl (C=O) groups excluding carboxylic acids is 3. The molecular weight excluding hydrogens is 402 g/mol. The summed E-state index contributed by atoms with van der Waals surface area (Å²) in [6.45, 7) is 5.93. The molecule has 1 atom stereocenters. The molecule has 0 radical (unpaired) electrons. The first-order valence-electron chi connectivity index (χ1n) is 10.1. The molecule has 1 unspecified atom stereocenters. The number of anilines is 1. The lowest BCUT2D eigenvalue weighted by Gasteiger charge is -2.29. The minimum Gasteiger partial charge on any atom is -0.357 e. The average molecular weight is 426 g/mol. The molecule has 156 valence electrons. The van der Waals surface area contributed by atoms with Crippen LogP contribution in [0.1, 0.15) is 58.7 Å². The van der Waals surface area contributed by atoms with Gasteiger partial charge in [0.05, 0.1) is 11.2 Å². The first kappa shape index (κ1) is 19.2. The maximum atomic E-state index is 13.2. The van der Waals surface area contributed by atoms with Gasteiger partial charge in [-0.2, -0.15) is 0 Å². The van der Waals surface area contributed by atoms with Gasteiger partial charge in [-0.1, -0.05) is 18.2 Å². The van der Waals surface area contributed by atoms with E-state index in [0.29, 0.717) is 25.1 Å². The van der Waals surface area contributed by atoms with Crippen LogP contribution in [0.15, 0.2) is 18.2 Å². The van der Waals surface area contributed by atoms with Gasteiger partial charge in [0, 0.05) is 36.5 Å². The standard InChI is InChI=1S/C21H23N5O3S/c1-21(2)17-14(9-23-21)30-20(25-17)22-8-11-4-3-5-12-10-26(19(29)16(11)12)13-6-7-15(27)24-18(13)28/h3-5,13,23H,6-10H2,1-2H3,(H,22,25)(H,24,27,28). The molecule has 1 fully saturated rings. The fourth-order valence-electron chi connectivity index (χ4n) is 4.43. The van der Waals surface area contributed by atoms with Crippen LogP contribution in [0.25, 0.3) is 0 Å². The van der Waals surface area contributed by atoms with E-state index in [1.165, 1.54) is 4.88 Å². The zero-order chi connectivity index (χ0) is 21.0. The fraction of sp³-hybridized carbons (Fsp3) is 0.429. The van der Waals surface area contributed by atoms with E-state index < -0.39 is 6.04 Å². The van der Waals surface area contributed by atoms with Crippen molar-refractivity contribution in [3.8, 4) is 0 Å². The van der Waals surface area contributed by atoms with Crippen molar-refractivity contribution in [3.63, 3.8) is 0 Å². The monoisotopic (exact) mass is 425 g/mol. The van der Waals surface area contributed by atoms with Crippen molar-refractivity contribution in [2.45, 2.75) is 57.9 Å². The van der Waals surface area contributed by atoms with Crippen molar-refractivity contribution < 1.29 is 14.4 Å². The second-order valence-electron chi connectivity index (χ2n) is 8.47. The van der Waals surface area contributed by atoms with Crippen molar-refractivity contribution in [1.29, 1.82) is 0 Å². The summed E-state index contributed by atoms with van der Waals surface area (Å²) in [4.78, 5) is 44.4. The highest BCUT2D eigenvalue weighted by atomic mass is 32.1. The molecule has 0 spiro atoms. The molecule has 0 aliphatic carbocycles. The third kappa shape index (κ3) is 3.09. The number of nitrogens with one attached hydrogen (secondary N) is 3. The van der Waals surface area contributed by atoms with Crippen molar-refractivity contribution >= 4 is 34.2 Å². The van der Waals surface area contributed by atoms with Gasteiger partial charge in [0.1, 0.15) is 6.04 Å². The van der Waals surface area contributed by atoms with E-state index in [1.807, 2.05) is 18.2 Å². The van der Waals surface area contributed by atoms with Gasteiger partial charge in [-0.25, -0.2) is 4.98 Å². The summed E-state index contributed by atoms with van der Waals surface area (Å²) in [5, 5.41) is 10.0. The average Bonchev–Trinajstić information content (AvgIpc) is 3.34. The van der Waals surface area contributed by atoms with Gasteiger partial charge in [0.15, 0.2) is 5.13 Å². The quantitative estimate of drug-likeness (QED) is 0.646. The molecular formula is C21H23N5O3S. The summed E-state index contributed by atoms with van der Waals surface area (Å²) in [5.41, 5.74) is 3.41. The Morgan fingerprint density at radius 2 is 2.13 bits per heavy atom. The lowest BCUT2D eigenvalue weighted by molar-refractivity contribution is -0.136. The molecule has 0 saturated carbocycles. The Labute approximate surface area is 178 Å². The number of hydrogen-bond donors (Lipinski definition) is 3. The minimum absolute atomic E-state index is 0.127. The summed E-state index contributed by atoms with van der Waals surface area (Å²) in [6, 6.07) is 5.20. The molecule has 2 aromatic rings. The zero-order valence-electron chi connectivity index (χ0n) is 16.9. The van der Waals surface area contributed by atoms with Gasteiger partial charge in [0.25, 0.3) is 5.91 Å². The van der Waals surface area contributed by atoms with Crippen molar-refractivity contribution in [3.05, 3.63) is 45.5 Å². The van der Waals surface area contributed by atoms with E-state index in [0.717, 1.165) is 28.5 Å². The maximum absolute atomic E-state index is 13.2. The van der Waals surface area contributed by atoms with Gasteiger partial charge in [-0.05, 0) is 31.4 Å². The van der Waals surface area contributed by atoms with Crippen LogP contribution < -0.4 is 16.0 Å². The van der Waals surface area contributed by atoms with Crippen LogP contribution in [-0.2, 0) is 34.8 Å². The number of nitrogens with zero attached hydrogens (tertiary/aromatic N) is 2. The summed E-state index contributed by atoms with van der Waals surface area (Å²) in [6.07, 6.45) is 0.622. The highest BCUT2D eigenvalue weighted by Crippen LogP contribution is 2.36. The third-order valence-electron chi connectivity index (χ3n) is 6.05. The highest BCUT2D eigenvalue weighted by Gasteiger charge is 2.40. The Kier molecular flexibility index (Phi) is 4.41. The number of carbonyl (C=O) groups is 3. The van der Waals surface area contributed by atoms with Crippen LogP contribution in [0.5, 0.6) is 0 Å². The molecule has 3 amide bonds. The molecule has 9 heteroatoms. The second kappa shape index (κ2) is 6.88. The molecule has 30 heavy (non-hydrogen) atoms. The first-order valence-corrected chi connectivity index (χ1v) is 10.9. The largest absolute Gasteiger partial charge is 0.357 e. The number of piperidine rings is 1. The Hall–Kier alpha value is -2.78. The number of amides is 3. The topological polar surface area (TPSA) is 103 Å². The van der Waals surface area contributed by atoms with E-state index >= 15 is 0 Å². The van der Waals surface area contributed by atoms with Crippen molar-refractivity contribution in [2.24, 2.45) is 0 Å². The molecule has 4 heterocycles. The Balaban J connectivity index is 1.34. The Morgan fingerprint density at radius 1 is 1.30 bits per heavy atom. The number of imide groups is 1. The molecule has 3 N–H and O–H groups in total. The van der Waals surface area contributed by atoms with E-state index in [9.17, 15) is 14.4 Å². The Morgan fingerprint density at radius 3 is 2.90 bits per heavy atom.